The van der Waals surface area contributed by atoms with Crippen molar-refractivity contribution in [2.75, 3.05) is 33.3 Å². The number of hydrogen-bond donors (Lipinski definition) is 0. The fraction of sp³-hybridized carbons (Fsp3) is 0.400. The molecule has 8 nitrogen and oxygen atoms in total. The molecule has 0 radical (unpaired) electrons. The second-order valence-corrected chi connectivity index (χ2v) is 9.41. The van der Waals surface area contributed by atoms with Crippen LogP contribution in [0, 0.1) is 5.92 Å². The number of amides is 1. The van der Waals surface area contributed by atoms with Gasteiger partial charge in [-0.25, -0.2) is 8.42 Å². The van der Waals surface area contributed by atoms with Crippen LogP contribution >= 0.6 is 0 Å². The lowest BCUT2D eigenvalue weighted by atomic mass is 10.1. The number of ether oxygens (including phenoxy) is 1. The van der Waals surface area contributed by atoms with Crippen molar-refractivity contribution in [3.63, 3.8) is 0 Å². The number of esters is 1. The maximum absolute atomic E-state index is 13.0. The minimum absolute atomic E-state index is 0.0352. The van der Waals surface area contributed by atoms with Gasteiger partial charge in [0.25, 0.3) is 0 Å². The number of fused-ring (bicyclic) bond motifs is 1. The molecule has 1 amide bonds. The summed E-state index contributed by atoms with van der Waals surface area (Å²) in [7, 11) is -2.34. The Bertz CT molecular complexity index is 1100. The summed E-state index contributed by atoms with van der Waals surface area (Å²) in [5.74, 6) is -1.01. The average Bonchev–Trinajstić information content (AvgIpc) is 3.40. The summed E-state index contributed by atoms with van der Waals surface area (Å²) in [6.07, 6.45) is 1.56. The number of rotatable bonds is 5. The van der Waals surface area contributed by atoms with Crippen LogP contribution in [0.5, 0.6) is 0 Å². The Labute approximate surface area is 168 Å². The first-order valence-electron chi connectivity index (χ1n) is 9.32. The van der Waals surface area contributed by atoms with Crippen molar-refractivity contribution in [3.05, 3.63) is 41.7 Å². The molecule has 2 aromatic rings. The minimum Gasteiger partial charge on any atom is -0.469 e. The molecule has 29 heavy (non-hydrogen) atoms. The van der Waals surface area contributed by atoms with Crippen LogP contribution < -0.4 is 0 Å². The zero-order valence-corrected chi connectivity index (χ0v) is 17.1. The number of carbonyl (C=O) groups excluding carboxylic acids is 2. The molecule has 0 spiro atoms. The van der Waals surface area contributed by atoms with Crippen LogP contribution in [0.25, 0.3) is 11.0 Å². The van der Waals surface area contributed by atoms with Crippen molar-refractivity contribution in [2.45, 2.75) is 18.2 Å². The SMILES string of the molecule is COC(=O)C[C@H](C)C(=O)N1CC2=C(C1)CN(S(=O)(=O)c1ccc3occc3c1)C2. The minimum atomic E-state index is -3.64. The quantitative estimate of drug-likeness (QED) is 0.542. The van der Waals surface area contributed by atoms with E-state index in [0.717, 1.165) is 16.5 Å². The van der Waals surface area contributed by atoms with Crippen molar-refractivity contribution in [1.82, 2.24) is 9.21 Å². The van der Waals surface area contributed by atoms with Crippen LogP contribution in [0.15, 0.2) is 51.0 Å². The first-order chi connectivity index (χ1) is 13.8. The summed E-state index contributed by atoms with van der Waals surface area (Å²) in [4.78, 5) is 25.9. The van der Waals surface area contributed by atoms with Crippen LogP contribution in [-0.2, 0) is 24.3 Å². The highest BCUT2D eigenvalue weighted by Gasteiger charge is 2.38. The van der Waals surface area contributed by atoms with Gasteiger partial charge in [0.05, 0.1) is 24.7 Å². The van der Waals surface area contributed by atoms with Gasteiger partial charge in [-0.2, -0.15) is 4.31 Å². The fourth-order valence-corrected chi connectivity index (χ4v) is 5.32. The summed E-state index contributed by atoms with van der Waals surface area (Å²) in [5.41, 5.74) is 2.55. The summed E-state index contributed by atoms with van der Waals surface area (Å²) >= 11 is 0. The molecule has 0 fully saturated rings. The molecule has 3 heterocycles. The Morgan fingerprint density at radius 1 is 1.14 bits per heavy atom. The van der Waals surface area contributed by atoms with E-state index in [1.54, 1.807) is 36.1 Å². The second-order valence-electron chi connectivity index (χ2n) is 7.48. The van der Waals surface area contributed by atoms with E-state index >= 15 is 0 Å². The van der Waals surface area contributed by atoms with E-state index in [1.165, 1.54) is 17.7 Å². The second kappa shape index (κ2) is 7.31. The average molecular weight is 418 g/mol. The largest absolute Gasteiger partial charge is 0.469 e. The van der Waals surface area contributed by atoms with E-state index in [2.05, 4.69) is 4.74 Å². The van der Waals surface area contributed by atoms with E-state index in [1.807, 2.05) is 0 Å². The number of methoxy groups -OCH3 is 1. The summed E-state index contributed by atoms with van der Waals surface area (Å²) in [6.45, 7) is 3.04. The molecule has 154 valence electrons. The summed E-state index contributed by atoms with van der Waals surface area (Å²) < 4.78 is 37.4. The summed E-state index contributed by atoms with van der Waals surface area (Å²) in [6, 6.07) is 6.55. The third-order valence-electron chi connectivity index (χ3n) is 5.49. The molecule has 2 aliphatic rings. The van der Waals surface area contributed by atoms with Gasteiger partial charge in [0.15, 0.2) is 0 Å². The normalized spacial score (nSPS) is 18.3. The topological polar surface area (TPSA) is 97.1 Å². The molecule has 4 rings (SSSR count). The molecule has 1 aromatic heterocycles. The Kier molecular flexibility index (Phi) is 4.95. The predicted octanol–water partition coefficient (Wildman–Crippen LogP) is 1.78. The first-order valence-corrected chi connectivity index (χ1v) is 10.8. The van der Waals surface area contributed by atoms with Gasteiger partial charge in [-0.1, -0.05) is 6.92 Å². The van der Waals surface area contributed by atoms with Gasteiger partial charge >= 0.3 is 5.97 Å². The Balaban J connectivity index is 1.42. The van der Waals surface area contributed by atoms with Crippen molar-refractivity contribution in [2.24, 2.45) is 5.92 Å². The van der Waals surface area contributed by atoms with Crippen LogP contribution in [0.1, 0.15) is 13.3 Å². The summed E-state index contributed by atoms with van der Waals surface area (Å²) in [5, 5.41) is 0.738. The van der Waals surface area contributed by atoms with Gasteiger partial charge in [-0.05, 0) is 35.4 Å². The van der Waals surface area contributed by atoms with Crippen LogP contribution in [0.4, 0.5) is 0 Å². The van der Waals surface area contributed by atoms with Gasteiger partial charge in [0, 0.05) is 37.5 Å². The lowest BCUT2D eigenvalue weighted by Crippen LogP contribution is -2.39. The molecular formula is C20H22N2O6S. The third-order valence-corrected chi connectivity index (χ3v) is 7.28. The molecule has 1 atom stereocenters. The number of hydrogen-bond acceptors (Lipinski definition) is 6. The van der Waals surface area contributed by atoms with Crippen molar-refractivity contribution >= 4 is 32.9 Å². The fourth-order valence-electron chi connectivity index (χ4n) is 3.86. The van der Waals surface area contributed by atoms with Crippen molar-refractivity contribution in [3.8, 4) is 0 Å². The van der Waals surface area contributed by atoms with E-state index in [-0.39, 0.29) is 30.3 Å². The van der Waals surface area contributed by atoms with Gasteiger partial charge in [-0.3, -0.25) is 9.59 Å². The van der Waals surface area contributed by atoms with Gasteiger partial charge in [0.1, 0.15) is 5.58 Å². The molecule has 0 aliphatic carbocycles. The number of sulfonamides is 1. The smallest absolute Gasteiger partial charge is 0.306 e. The predicted molar refractivity (Wildman–Crippen MR) is 104 cm³/mol. The number of carbonyl (C=O) groups is 2. The molecule has 0 unspecified atom stereocenters. The Hall–Kier alpha value is -2.65. The molecule has 0 N–H and O–H groups in total. The van der Waals surface area contributed by atoms with Gasteiger partial charge in [-0.15, -0.1) is 0 Å². The lowest BCUT2D eigenvalue weighted by Gasteiger charge is -2.24. The molecule has 0 bridgehead atoms. The highest BCUT2D eigenvalue weighted by molar-refractivity contribution is 7.89. The molecule has 1 aromatic carbocycles. The molecular weight excluding hydrogens is 396 g/mol. The first kappa shape index (κ1) is 19.7. The van der Waals surface area contributed by atoms with Crippen LogP contribution in [0.2, 0.25) is 0 Å². The molecule has 9 heteroatoms. The molecule has 2 aliphatic heterocycles. The molecule has 0 saturated heterocycles. The van der Waals surface area contributed by atoms with E-state index in [4.69, 9.17) is 4.42 Å². The zero-order chi connectivity index (χ0) is 20.8. The highest BCUT2D eigenvalue weighted by atomic mass is 32.2. The van der Waals surface area contributed by atoms with E-state index in [0.29, 0.717) is 18.7 Å². The van der Waals surface area contributed by atoms with E-state index in [9.17, 15) is 18.0 Å². The highest BCUT2D eigenvalue weighted by Crippen LogP contribution is 2.31. The Morgan fingerprint density at radius 3 is 2.48 bits per heavy atom. The molecule has 0 saturated carbocycles. The number of nitrogens with zero attached hydrogens (tertiary/aromatic N) is 2. The van der Waals surface area contributed by atoms with Gasteiger partial charge in [0.2, 0.25) is 15.9 Å². The van der Waals surface area contributed by atoms with E-state index < -0.39 is 21.9 Å². The zero-order valence-electron chi connectivity index (χ0n) is 16.3. The van der Waals surface area contributed by atoms with Crippen LogP contribution in [0.3, 0.4) is 0 Å². The van der Waals surface area contributed by atoms with Crippen LogP contribution in [-0.4, -0.2) is 62.8 Å². The van der Waals surface area contributed by atoms with Gasteiger partial charge < -0.3 is 14.1 Å². The van der Waals surface area contributed by atoms with Crippen molar-refractivity contribution < 1.29 is 27.2 Å². The number of benzene rings is 1. The number of furan rings is 1. The lowest BCUT2D eigenvalue weighted by molar-refractivity contribution is -0.146. The Morgan fingerprint density at radius 2 is 1.83 bits per heavy atom. The maximum Gasteiger partial charge on any atom is 0.306 e. The maximum atomic E-state index is 13.0. The van der Waals surface area contributed by atoms with Crippen molar-refractivity contribution in [1.29, 1.82) is 0 Å². The standard InChI is InChI=1S/C20H22N2O6S/c1-13(7-19(23)27-2)20(24)21-9-15-11-22(12-16(15)10-21)29(25,26)17-3-4-18-14(8-17)5-6-28-18/h3-6,8,13H,7,9-12H2,1-2H3/t13-/m0/s1. The third kappa shape index (κ3) is 3.56. The monoisotopic (exact) mass is 418 g/mol.